The molecule has 2 aromatic heterocycles. The Morgan fingerprint density at radius 1 is 0.604 bits per heavy atom. The molecule has 536 valence electrons. The van der Waals surface area contributed by atoms with E-state index < -0.39 is 137 Å². The molecule has 0 unspecified atom stereocenters. The van der Waals surface area contributed by atoms with Crippen molar-refractivity contribution in [2.24, 2.45) is 22.7 Å². The molecule has 4 aliphatic heterocycles. The van der Waals surface area contributed by atoms with Gasteiger partial charge in [0.25, 0.3) is 0 Å². The van der Waals surface area contributed by atoms with Crippen LogP contribution in [0.2, 0.25) is 0 Å². The molecule has 6 aliphatic rings. The van der Waals surface area contributed by atoms with Crippen molar-refractivity contribution in [3.8, 4) is 34.3 Å². The molecule has 10 atom stereocenters. The fourth-order valence-corrected chi connectivity index (χ4v) is 12.9. The van der Waals surface area contributed by atoms with Gasteiger partial charge in [-0.1, -0.05) is 134 Å². The Bertz CT molecular complexity index is 4220. The number of aromatic nitrogens is 4. The Morgan fingerprint density at radius 3 is 1.38 bits per heavy atom. The summed E-state index contributed by atoms with van der Waals surface area (Å²) in [6.45, 7) is 11.7. The quantitative estimate of drug-likeness (QED) is 0.0510. The standard InChI is InChI=1S/C37H41F2N5O7.C35H37F2N5O7.CH4/c1-5-49-34(47)37(19-24(37)30(38)39)43-31(45)27-18-23-20-44(27)33(46)29(36(2,3)4)42-35(48)50-16-9-8-11-21-12-10-13-22(17-21)28-32(51-23)41-26-15-7-6-14-25(26)40-28;1-34(2,3)27-31(44)42-18-21(16-25(42)29(43)41-35(32(45)46)17-22(35)28(36)37)49-30-26(38-23-12-4-5-13-24(23)39-30)20-11-8-10-19(15-20)9-6-7-14-48-33(47)40-27;/h6-8,10-15,17,23-24,27,29-30H,5,9,16,18-20H2,1-4H3,(H,42,48)(H,43,45);4-6,8-13,15,21-22,25,27-28H,7,14,16-18H2,1-3H3,(H,40,47)(H,41,43)(H,45,46);1H4/b11-8+;9-6+;/t23-,24+,27+,29-,37-;21-,22+,25+,27-,35-;/m11./s1. The van der Waals surface area contributed by atoms with E-state index in [1.54, 1.807) is 66.7 Å². The number of ether oxygens (including phenoxy) is 5. The second-order valence-corrected chi connectivity index (χ2v) is 27.7. The molecule has 12 rings (SSSR count). The molecule has 0 radical (unpaired) electrons. The lowest BCUT2D eigenvalue weighted by molar-refractivity contribution is -0.151. The average molecular weight is 1400 g/mol. The smallest absolute Gasteiger partial charge is 0.407 e. The number of carbonyl (C=O) groups excluding carboxylic acids is 7. The summed E-state index contributed by atoms with van der Waals surface area (Å²) in [7, 11) is 0. The number of nitrogens with zero attached hydrogens (tertiary/aromatic N) is 6. The number of esters is 1. The molecule has 2 aliphatic carbocycles. The molecule has 0 spiro atoms. The third kappa shape index (κ3) is 16.2. The number of alkyl carbamates (subject to hydrolysis) is 2. The number of halogens is 4. The summed E-state index contributed by atoms with van der Waals surface area (Å²) >= 11 is 0. The molecule has 28 heteroatoms. The molecule has 4 fully saturated rings. The Labute approximate surface area is 580 Å². The highest BCUT2D eigenvalue weighted by Gasteiger charge is 2.68. The van der Waals surface area contributed by atoms with Crippen LogP contribution in [0.1, 0.15) is 106 Å². The molecule has 6 aromatic rings. The Morgan fingerprint density at radius 2 is 1.00 bits per heavy atom. The summed E-state index contributed by atoms with van der Waals surface area (Å²) < 4.78 is 83.8. The van der Waals surface area contributed by atoms with Crippen molar-refractivity contribution in [2.75, 3.05) is 32.9 Å². The second-order valence-electron chi connectivity index (χ2n) is 27.7. The number of hydrogen-bond acceptors (Lipinski definition) is 17. The molecular weight excluding hydrogens is 1320 g/mol. The average Bonchev–Trinajstić information content (AvgIpc) is 1.60. The molecule has 101 heavy (non-hydrogen) atoms. The SMILES string of the molecule is C.CC(C)(C)[C@@H]1NC(=O)OCC/C=C/c2cccc(c2)-c2nc3ccccc3nc2O[C@@H]2C[C@@H](C(=O)N[C@]3(C(=O)O)C[C@H]3C(F)F)N(C2)C1=O.CCOC(=O)[C@@]1(NC(=O)[C@@H]2C[C@@H]3CN2C(=O)[C@H](C(C)(C)C)NC(=O)OCC/C=C/c2cccc(c2)-c2nc4ccccc4nc2O3)C[C@H]1C(F)F. The van der Waals surface area contributed by atoms with Crippen LogP contribution >= 0.6 is 0 Å². The summed E-state index contributed by atoms with van der Waals surface area (Å²) in [5, 5.41) is 20.0. The van der Waals surface area contributed by atoms with Crippen molar-refractivity contribution in [3.05, 3.63) is 120 Å². The van der Waals surface area contributed by atoms with Crippen molar-refractivity contribution < 1.29 is 84.7 Å². The molecule has 2 saturated heterocycles. The van der Waals surface area contributed by atoms with Crippen LogP contribution in [-0.2, 0) is 43.0 Å². The minimum atomic E-state index is -2.97. The van der Waals surface area contributed by atoms with Gasteiger partial charge in [0.05, 0.1) is 66.8 Å². The summed E-state index contributed by atoms with van der Waals surface area (Å²) in [6.07, 6.45) is -1.87. The van der Waals surface area contributed by atoms with E-state index in [0.29, 0.717) is 57.4 Å². The third-order valence-corrected chi connectivity index (χ3v) is 18.4. The van der Waals surface area contributed by atoms with E-state index in [0.717, 1.165) is 11.1 Å². The van der Waals surface area contributed by atoms with Crippen LogP contribution in [0.15, 0.2) is 109 Å². The number of hydrogen-bond donors (Lipinski definition) is 5. The lowest BCUT2D eigenvalue weighted by Crippen LogP contribution is -2.59. The topological polar surface area (TPSA) is 309 Å². The van der Waals surface area contributed by atoms with Gasteiger partial charge >= 0.3 is 24.1 Å². The van der Waals surface area contributed by atoms with E-state index in [-0.39, 0.29) is 71.4 Å². The van der Waals surface area contributed by atoms with E-state index >= 15 is 0 Å². The fraction of sp³-hybridized carbons (Fsp3) is 0.452. The maximum absolute atomic E-state index is 14.4. The van der Waals surface area contributed by atoms with E-state index in [1.165, 1.54) is 9.80 Å². The van der Waals surface area contributed by atoms with Crippen molar-refractivity contribution >= 4 is 82.0 Å². The third-order valence-electron chi connectivity index (χ3n) is 18.4. The van der Waals surface area contributed by atoms with Crippen molar-refractivity contribution in [2.45, 2.75) is 155 Å². The van der Waals surface area contributed by atoms with Gasteiger partial charge in [0.15, 0.2) is 0 Å². The zero-order valence-electron chi connectivity index (χ0n) is 56.0. The first-order valence-electron chi connectivity index (χ1n) is 33.1. The first-order chi connectivity index (χ1) is 47.6. The van der Waals surface area contributed by atoms with Gasteiger partial charge in [-0.2, -0.15) is 0 Å². The second kappa shape index (κ2) is 29.9. The van der Waals surface area contributed by atoms with Crippen molar-refractivity contribution in [1.29, 1.82) is 0 Å². The van der Waals surface area contributed by atoms with Gasteiger partial charge in [-0.15, -0.1) is 0 Å². The number of carboxylic acids is 1. The molecule has 6 amide bonds. The highest BCUT2D eigenvalue weighted by atomic mass is 19.3. The minimum absolute atomic E-state index is 0. The van der Waals surface area contributed by atoms with Gasteiger partial charge in [-0.3, -0.25) is 19.2 Å². The predicted molar refractivity (Wildman–Crippen MR) is 363 cm³/mol. The van der Waals surface area contributed by atoms with Crippen LogP contribution in [0, 0.1) is 22.7 Å². The van der Waals surface area contributed by atoms with Gasteiger partial charge in [-0.25, -0.2) is 56.7 Å². The van der Waals surface area contributed by atoms with Crippen LogP contribution in [0.4, 0.5) is 27.2 Å². The number of carboxylic acid groups (broad SMARTS) is 1. The van der Waals surface area contributed by atoms with Gasteiger partial charge < -0.3 is 59.9 Å². The number of amides is 6. The Kier molecular flexibility index (Phi) is 21.7. The zero-order chi connectivity index (χ0) is 71.6. The number of fused-ring (bicyclic) bond motifs is 14. The maximum atomic E-state index is 14.4. The van der Waals surface area contributed by atoms with Crippen molar-refractivity contribution in [3.63, 3.8) is 0 Å². The molecule has 5 N–H and O–H groups in total. The number of rotatable bonds is 9. The van der Waals surface area contributed by atoms with E-state index in [9.17, 15) is 61.0 Å². The Hall–Kier alpha value is -10.3. The molecule has 8 bridgehead atoms. The Balaban J connectivity index is 0.000000216. The lowest BCUT2D eigenvalue weighted by Gasteiger charge is -2.35. The highest BCUT2D eigenvalue weighted by Crippen LogP contribution is 2.50. The zero-order valence-corrected chi connectivity index (χ0v) is 56.0. The molecule has 4 aromatic carbocycles. The summed E-state index contributed by atoms with van der Waals surface area (Å²) in [5.41, 5.74) is 0.528. The molecule has 6 heterocycles. The van der Waals surface area contributed by atoms with Crippen LogP contribution in [0.3, 0.4) is 0 Å². The van der Waals surface area contributed by atoms with E-state index in [4.69, 9.17) is 43.6 Å². The largest absolute Gasteiger partial charge is 0.479 e. The number of nitrogens with one attached hydrogen (secondary N) is 4. The van der Waals surface area contributed by atoms with Crippen LogP contribution < -0.4 is 30.7 Å². The van der Waals surface area contributed by atoms with Gasteiger partial charge in [-0.05, 0) is 91.0 Å². The monoisotopic (exact) mass is 1400 g/mol. The number of benzene rings is 4. The first-order valence-corrected chi connectivity index (χ1v) is 33.1. The number of cyclic esters (lactones) is 2. The highest BCUT2D eigenvalue weighted by molar-refractivity contribution is 5.98. The number of para-hydroxylation sites is 4. The van der Waals surface area contributed by atoms with Crippen LogP contribution in [0.25, 0.3) is 56.7 Å². The predicted octanol–water partition coefficient (Wildman–Crippen LogP) is 9.97. The lowest BCUT2D eigenvalue weighted by atomic mass is 9.85. The number of aliphatic carboxylic acids is 1. The van der Waals surface area contributed by atoms with Crippen LogP contribution in [-0.4, -0.2) is 176 Å². The fourth-order valence-electron chi connectivity index (χ4n) is 12.9. The molecular formula is C73H82F4N10O14. The minimum Gasteiger partial charge on any atom is -0.479 e. The molecule has 24 nitrogen and oxygen atoms in total. The van der Waals surface area contributed by atoms with Gasteiger partial charge in [0.1, 0.15) is 58.8 Å². The first kappa shape index (κ1) is 73.4. The van der Waals surface area contributed by atoms with E-state index in [1.807, 2.05) is 103 Å². The maximum Gasteiger partial charge on any atom is 0.407 e. The van der Waals surface area contributed by atoms with Gasteiger partial charge in [0, 0.05) is 24.0 Å². The van der Waals surface area contributed by atoms with Crippen LogP contribution in [0.5, 0.6) is 11.8 Å². The summed E-state index contributed by atoms with van der Waals surface area (Å²) in [4.78, 5) is 129. The summed E-state index contributed by atoms with van der Waals surface area (Å²) in [5.74, 6) is -8.26. The van der Waals surface area contributed by atoms with E-state index in [2.05, 4.69) is 21.3 Å². The summed E-state index contributed by atoms with van der Waals surface area (Å²) in [6, 6.07) is 24.7. The normalized spacial score (nSPS) is 25.9. The van der Waals surface area contributed by atoms with Crippen molar-refractivity contribution in [1.82, 2.24) is 51.0 Å². The van der Waals surface area contributed by atoms with Gasteiger partial charge in [0.2, 0.25) is 48.2 Å². The number of alkyl halides is 4. The number of carbonyl (C=O) groups is 8. The molecule has 2 saturated carbocycles.